The van der Waals surface area contributed by atoms with Gasteiger partial charge in [0.1, 0.15) is 41.2 Å². The Balaban J connectivity index is 1.37. The zero-order chi connectivity index (χ0) is 29.8. The predicted octanol–water partition coefficient (Wildman–Crippen LogP) is 3.45. The van der Waals surface area contributed by atoms with Gasteiger partial charge in [0.15, 0.2) is 0 Å². The van der Waals surface area contributed by atoms with Gasteiger partial charge >= 0.3 is 0 Å². The third-order valence-corrected chi connectivity index (χ3v) is 6.98. The zero-order valence-corrected chi connectivity index (χ0v) is 22.9. The molecule has 1 aliphatic rings. The molecule has 3 N–H and O–H groups in total. The Kier molecular flexibility index (Phi) is 8.64. The topological polar surface area (TPSA) is 133 Å². The van der Waals surface area contributed by atoms with Crippen LogP contribution in [0.25, 0.3) is 11.3 Å². The molecule has 4 heterocycles. The first-order chi connectivity index (χ1) is 20.3. The summed E-state index contributed by atoms with van der Waals surface area (Å²) in [6.07, 6.45) is 6.45. The molecule has 0 radical (unpaired) electrons. The molecule has 4 aromatic rings. The largest absolute Gasteiger partial charge is 0.491 e. The lowest BCUT2D eigenvalue weighted by Crippen LogP contribution is -2.53. The lowest BCUT2D eigenvalue weighted by atomic mass is 9.90. The molecular formula is C28H29F3N8O3. The number of nitrogens with one attached hydrogen (secondary N) is 1. The van der Waals surface area contributed by atoms with Crippen LogP contribution in [-0.2, 0) is 4.74 Å². The van der Waals surface area contributed by atoms with Crippen LogP contribution in [0.4, 0.5) is 24.5 Å². The highest BCUT2D eigenvalue weighted by Gasteiger charge is 2.35. The number of methoxy groups -OCH3 is 1. The highest BCUT2D eigenvalue weighted by molar-refractivity contribution is 6.04. The summed E-state index contributed by atoms with van der Waals surface area (Å²) < 4.78 is 56.4. The Labute approximate surface area is 239 Å². The third-order valence-electron chi connectivity index (χ3n) is 6.98. The molecule has 1 fully saturated rings. The second-order valence-electron chi connectivity index (χ2n) is 9.90. The third kappa shape index (κ3) is 6.04. The Morgan fingerprint density at radius 2 is 1.88 bits per heavy atom. The summed E-state index contributed by atoms with van der Waals surface area (Å²) in [5, 5.41) is 10.7. The first-order valence-electron chi connectivity index (χ1n) is 13.2. The number of benzene rings is 1. The molecule has 5 rings (SSSR count). The van der Waals surface area contributed by atoms with Gasteiger partial charge in [0, 0.05) is 50.8 Å². The molecular weight excluding hydrogens is 553 g/mol. The molecule has 1 saturated heterocycles. The van der Waals surface area contributed by atoms with E-state index in [4.69, 9.17) is 15.2 Å². The van der Waals surface area contributed by atoms with Crippen molar-refractivity contribution in [1.29, 1.82) is 0 Å². The van der Waals surface area contributed by atoms with Gasteiger partial charge in [-0.25, -0.2) is 22.8 Å². The number of nitrogens with zero attached hydrogens (tertiary/aromatic N) is 6. The zero-order valence-electron chi connectivity index (χ0n) is 22.9. The molecule has 0 spiro atoms. The Morgan fingerprint density at radius 1 is 1.10 bits per heavy atom. The van der Waals surface area contributed by atoms with Gasteiger partial charge in [-0.15, -0.1) is 5.10 Å². The number of amides is 1. The number of ether oxygens (including phenoxy) is 2. The van der Waals surface area contributed by atoms with Crippen molar-refractivity contribution in [3.8, 4) is 17.0 Å². The average Bonchev–Trinajstić information content (AvgIpc) is 3.48. The van der Waals surface area contributed by atoms with E-state index in [9.17, 15) is 18.0 Å². The Morgan fingerprint density at radius 3 is 2.57 bits per heavy atom. The fourth-order valence-electron chi connectivity index (χ4n) is 5.14. The normalized spacial score (nSPS) is 18.6. The van der Waals surface area contributed by atoms with Crippen LogP contribution >= 0.6 is 0 Å². The van der Waals surface area contributed by atoms with Crippen molar-refractivity contribution >= 4 is 17.3 Å². The first-order valence-corrected chi connectivity index (χ1v) is 13.2. The quantitative estimate of drug-likeness (QED) is 0.285. The number of hydrogen-bond acceptors (Lipinski definition) is 9. The van der Waals surface area contributed by atoms with Crippen LogP contribution in [0.1, 0.15) is 23.5 Å². The molecule has 1 amide bonds. The second kappa shape index (κ2) is 12.5. The second-order valence-corrected chi connectivity index (χ2v) is 9.90. The minimum atomic E-state index is -1.10. The maximum absolute atomic E-state index is 14.9. The molecule has 11 nitrogen and oxygen atoms in total. The fraction of sp³-hybridized carbons (Fsp3) is 0.321. The van der Waals surface area contributed by atoms with Gasteiger partial charge in [-0.2, -0.15) is 0 Å². The van der Waals surface area contributed by atoms with E-state index in [-0.39, 0.29) is 42.7 Å². The maximum atomic E-state index is 14.9. The summed E-state index contributed by atoms with van der Waals surface area (Å²) in [5.74, 6) is -3.92. The van der Waals surface area contributed by atoms with E-state index in [1.807, 2.05) is 4.90 Å². The Hall–Kier alpha value is -4.56. The lowest BCUT2D eigenvalue weighted by molar-refractivity contribution is 0.102. The van der Waals surface area contributed by atoms with Crippen LogP contribution in [0, 0.1) is 23.4 Å². The molecule has 0 aliphatic carbocycles. The van der Waals surface area contributed by atoms with Gasteiger partial charge < -0.3 is 25.4 Å². The highest BCUT2D eigenvalue weighted by atomic mass is 19.1. The van der Waals surface area contributed by atoms with E-state index in [0.717, 1.165) is 24.3 Å². The predicted molar refractivity (Wildman–Crippen MR) is 148 cm³/mol. The Bertz CT molecular complexity index is 1520. The smallest absolute Gasteiger partial charge is 0.274 e. The standard InChI is InChI=1S/C28H29F3N8O3/c1-16-14-38(15-21(32)27(16)39-8-7-34-37-39)24-5-6-33-13-23(24)36-28(40)22-4-3-18(29)26(35-22)25-19(30)11-17(12-20(25)31)42-10-9-41-2/h3-8,11-13,16,21,27H,9-10,14-15,32H2,1-2H3,(H,36,40)/t16-,21+,27-/m0/s1. The van der Waals surface area contributed by atoms with Gasteiger partial charge in [-0.05, 0) is 24.1 Å². The molecule has 0 unspecified atom stereocenters. The average molecular weight is 583 g/mol. The number of nitrogens with two attached hydrogens (primary N) is 1. The van der Waals surface area contributed by atoms with Crippen molar-refractivity contribution in [2.24, 2.45) is 11.7 Å². The summed E-state index contributed by atoms with van der Waals surface area (Å²) >= 11 is 0. The monoisotopic (exact) mass is 582 g/mol. The molecule has 0 bridgehead atoms. The molecule has 0 saturated carbocycles. The minimum Gasteiger partial charge on any atom is -0.491 e. The number of anilines is 2. The summed E-state index contributed by atoms with van der Waals surface area (Å²) in [6, 6.07) is 5.30. The highest BCUT2D eigenvalue weighted by Crippen LogP contribution is 2.34. The SMILES string of the molecule is COCCOc1cc(F)c(-c2nc(C(=O)Nc3cnccc3N3C[C@@H](N)[C@@H](n4ccnn4)[C@@H](C)C3)ccc2F)c(F)c1. The van der Waals surface area contributed by atoms with E-state index >= 15 is 0 Å². The lowest BCUT2D eigenvalue weighted by Gasteiger charge is -2.42. The summed E-state index contributed by atoms with van der Waals surface area (Å²) in [4.78, 5) is 23.4. The number of halogens is 3. The molecule has 14 heteroatoms. The van der Waals surface area contributed by atoms with E-state index < -0.39 is 34.6 Å². The van der Waals surface area contributed by atoms with Crippen molar-refractivity contribution in [3.05, 3.63) is 78.3 Å². The van der Waals surface area contributed by atoms with Crippen molar-refractivity contribution in [1.82, 2.24) is 25.0 Å². The summed E-state index contributed by atoms with van der Waals surface area (Å²) in [6.45, 7) is 3.40. The van der Waals surface area contributed by atoms with Crippen molar-refractivity contribution < 1.29 is 27.4 Å². The fourth-order valence-corrected chi connectivity index (χ4v) is 5.14. The number of aromatic nitrogens is 5. The van der Waals surface area contributed by atoms with Crippen LogP contribution in [0.3, 0.4) is 0 Å². The van der Waals surface area contributed by atoms with Gasteiger partial charge in [0.2, 0.25) is 0 Å². The van der Waals surface area contributed by atoms with Gasteiger partial charge in [-0.3, -0.25) is 9.78 Å². The maximum Gasteiger partial charge on any atom is 0.274 e. The number of carbonyl (C=O) groups is 1. The van der Waals surface area contributed by atoms with Gasteiger partial charge in [-0.1, -0.05) is 12.1 Å². The molecule has 3 aromatic heterocycles. The van der Waals surface area contributed by atoms with Crippen LogP contribution in [0.5, 0.6) is 5.75 Å². The number of rotatable bonds is 9. The van der Waals surface area contributed by atoms with Gasteiger partial charge in [0.25, 0.3) is 5.91 Å². The summed E-state index contributed by atoms with van der Waals surface area (Å²) in [7, 11) is 1.46. The van der Waals surface area contributed by atoms with E-state index in [2.05, 4.69) is 32.5 Å². The van der Waals surface area contributed by atoms with Gasteiger partial charge in [0.05, 0.1) is 42.0 Å². The number of piperidine rings is 1. The van der Waals surface area contributed by atoms with Crippen LogP contribution in [0.15, 0.2) is 55.1 Å². The van der Waals surface area contributed by atoms with E-state index in [1.54, 1.807) is 29.3 Å². The number of pyridine rings is 2. The number of hydrogen-bond donors (Lipinski definition) is 2. The van der Waals surface area contributed by atoms with Crippen molar-refractivity contribution in [2.45, 2.75) is 19.0 Å². The molecule has 220 valence electrons. The van der Waals surface area contributed by atoms with E-state index in [1.165, 1.54) is 13.3 Å². The van der Waals surface area contributed by atoms with Crippen molar-refractivity contribution in [2.75, 3.05) is 43.6 Å². The minimum absolute atomic E-state index is 0.0581. The van der Waals surface area contributed by atoms with Crippen molar-refractivity contribution in [3.63, 3.8) is 0 Å². The molecule has 1 aliphatic heterocycles. The van der Waals surface area contributed by atoms with Crippen LogP contribution < -0.4 is 20.7 Å². The molecule has 1 aromatic carbocycles. The van der Waals surface area contributed by atoms with Crippen LogP contribution in [-0.4, -0.2) is 70.3 Å². The molecule has 3 atom stereocenters. The number of carbonyl (C=O) groups excluding carboxylic acids is 1. The first kappa shape index (κ1) is 29.0. The van der Waals surface area contributed by atoms with Crippen LogP contribution in [0.2, 0.25) is 0 Å². The summed E-state index contributed by atoms with van der Waals surface area (Å²) in [5.41, 5.74) is 5.93. The van der Waals surface area contributed by atoms with E-state index in [0.29, 0.717) is 24.5 Å². The molecule has 42 heavy (non-hydrogen) atoms.